The number of nitrogens with zero attached hydrogens (tertiary/aromatic N) is 6. The molecule has 0 unspecified atom stereocenters. The van der Waals surface area contributed by atoms with Gasteiger partial charge in [-0.1, -0.05) is 23.9 Å². The molecule has 0 aliphatic carbocycles. The van der Waals surface area contributed by atoms with Crippen molar-refractivity contribution in [3.05, 3.63) is 54.6 Å². The molecule has 0 aliphatic heterocycles. The van der Waals surface area contributed by atoms with Crippen LogP contribution in [0.5, 0.6) is 0 Å². The van der Waals surface area contributed by atoms with E-state index in [-0.39, 0.29) is 30.3 Å². The molecule has 3 aromatic rings. The van der Waals surface area contributed by atoms with Crippen LogP contribution >= 0.6 is 11.8 Å². The number of nitrogens with two attached hydrogens (primary N) is 1. The number of para-hydroxylation sites is 1. The SMILES string of the molecule is N#CCCN(C(=O)CSc1nnc(-c2cccnc2)n1N)c1ccccc1F. The van der Waals surface area contributed by atoms with E-state index in [1.165, 1.54) is 27.8 Å². The minimum absolute atomic E-state index is 0.0395. The summed E-state index contributed by atoms with van der Waals surface area (Å²) < 4.78 is 15.4. The number of benzene rings is 1. The van der Waals surface area contributed by atoms with Crippen LogP contribution in [0.3, 0.4) is 0 Å². The maximum atomic E-state index is 14.1. The Morgan fingerprint density at radius 2 is 2.11 bits per heavy atom. The Labute approximate surface area is 164 Å². The molecule has 1 amide bonds. The van der Waals surface area contributed by atoms with Crippen LogP contribution in [-0.2, 0) is 4.79 Å². The van der Waals surface area contributed by atoms with E-state index in [0.29, 0.717) is 16.5 Å². The molecular weight excluding hydrogens is 381 g/mol. The Hall–Kier alpha value is -3.45. The lowest BCUT2D eigenvalue weighted by molar-refractivity contribution is -0.116. The number of pyridine rings is 1. The van der Waals surface area contributed by atoms with Gasteiger partial charge < -0.3 is 10.7 Å². The molecule has 0 bridgehead atoms. The van der Waals surface area contributed by atoms with Crippen LogP contribution in [-0.4, -0.2) is 38.1 Å². The van der Waals surface area contributed by atoms with Gasteiger partial charge in [0.1, 0.15) is 5.82 Å². The fraction of sp³-hybridized carbons (Fsp3) is 0.167. The average molecular weight is 397 g/mol. The summed E-state index contributed by atoms with van der Waals surface area (Å²) in [4.78, 5) is 18.0. The van der Waals surface area contributed by atoms with Gasteiger partial charge in [0.05, 0.1) is 23.9 Å². The monoisotopic (exact) mass is 397 g/mol. The normalized spacial score (nSPS) is 10.4. The third-order valence-electron chi connectivity index (χ3n) is 3.80. The molecule has 0 saturated heterocycles. The van der Waals surface area contributed by atoms with Crippen molar-refractivity contribution in [1.29, 1.82) is 5.26 Å². The fourth-order valence-electron chi connectivity index (χ4n) is 2.48. The highest BCUT2D eigenvalue weighted by molar-refractivity contribution is 7.99. The van der Waals surface area contributed by atoms with E-state index in [0.717, 1.165) is 11.8 Å². The molecule has 142 valence electrons. The number of hydrogen-bond donors (Lipinski definition) is 1. The van der Waals surface area contributed by atoms with Crippen LogP contribution in [0.15, 0.2) is 53.9 Å². The second-order valence-corrected chi connectivity index (χ2v) is 6.55. The van der Waals surface area contributed by atoms with Crippen molar-refractivity contribution in [2.45, 2.75) is 11.6 Å². The van der Waals surface area contributed by atoms with E-state index in [2.05, 4.69) is 15.2 Å². The first-order chi connectivity index (χ1) is 13.6. The number of carbonyl (C=O) groups excluding carboxylic acids is 1. The highest BCUT2D eigenvalue weighted by atomic mass is 32.2. The van der Waals surface area contributed by atoms with Gasteiger partial charge in [0.2, 0.25) is 11.1 Å². The third kappa shape index (κ3) is 4.27. The van der Waals surface area contributed by atoms with Gasteiger partial charge in [0, 0.05) is 24.5 Å². The minimum atomic E-state index is -0.528. The molecule has 2 heterocycles. The lowest BCUT2D eigenvalue weighted by Gasteiger charge is -2.22. The Morgan fingerprint density at radius 3 is 2.82 bits per heavy atom. The highest BCUT2D eigenvalue weighted by Gasteiger charge is 2.20. The van der Waals surface area contributed by atoms with E-state index in [9.17, 15) is 9.18 Å². The molecule has 0 radical (unpaired) electrons. The van der Waals surface area contributed by atoms with Gasteiger partial charge in [-0.25, -0.2) is 9.07 Å². The zero-order valence-corrected chi connectivity index (χ0v) is 15.5. The van der Waals surface area contributed by atoms with Gasteiger partial charge in [-0.3, -0.25) is 9.78 Å². The molecule has 10 heteroatoms. The molecule has 28 heavy (non-hydrogen) atoms. The Morgan fingerprint density at radius 1 is 1.29 bits per heavy atom. The number of halogens is 1. The molecule has 2 N–H and O–H groups in total. The molecule has 0 aliphatic rings. The first kappa shape index (κ1) is 19.3. The summed E-state index contributed by atoms with van der Waals surface area (Å²) in [5.41, 5.74) is 0.825. The average Bonchev–Trinajstić information content (AvgIpc) is 3.09. The maximum Gasteiger partial charge on any atom is 0.237 e. The van der Waals surface area contributed by atoms with Gasteiger partial charge >= 0.3 is 0 Å². The first-order valence-corrected chi connectivity index (χ1v) is 9.26. The third-order valence-corrected chi connectivity index (χ3v) is 4.73. The van der Waals surface area contributed by atoms with E-state index >= 15 is 0 Å². The smallest absolute Gasteiger partial charge is 0.237 e. The van der Waals surface area contributed by atoms with Crippen molar-refractivity contribution in [1.82, 2.24) is 19.9 Å². The number of anilines is 1. The largest absolute Gasteiger partial charge is 0.335 e. The number of nitriles is 1. The summed E-state index contributed by atoms with van der Waals surface area (Å²) in [6.07, 6.45) is 3.32. The van der Waals surface area contributed by atoms with E-state index < -0.39 is 5.82 Å². The number of hydrogen-bond acceptors (Lipinski definition) is 7. The van der Waals surface area contributed by atoms with Crippen LogP contribution in [0.1, 0.15) is 6.42 Å². The van der Waals surface area contributed by atoms with Crippen molar-refractivity contribution < 1.29 is 9.18 Å². The van der Waals surface area contributed by atoms with Gasteiger partial charge in [-0.2, -0.15) is 5.26 Å². The molecule has 3 rings (SSSR count). The molecule has 1 aromatic carbocycles. The van der Waals surface area contributed by atoms with Crippen molar-refractivity contribution in [2.24, 2.45) is 0 Å². The number of aromatic nitrogens is 4. The number of nitrogen functional groups attached to an aromatic ring is 1. The topological polar surface area (TPSA) is 114 Å². The second-order valence-electron chi connectivity index (χ2n) is 5.61. The lowest BCUT2D eigenvalue weighted by Crippen LogP contribution is -2.34. The first-order valence-electron chi connectivity index (χ1n) is 8.27. The highest BCUT2D eigenvalue weighted by Crippen LogP contribution is 2.24. The summed E-state index contributed by atoms with van der Waals surface area (Å²) >= 11 is 1.08. The Balaban J connectivity index is 1.74. The van der Waals surface area contributed by atoms with E-state index in [1.54, 1.807) is 30.6 Å². The second kappa shape index (κ2) is 8.96. The molecule has 0 atom stereocenters. The zero-order valence-electron chi connectivity index (χ0n) is 14.7. The summed E-state index contributed by atoms with van der Waals surface area (Å²) in [6, 6.07) is 11.5. The van der Waals surface area contributed by atoms with Gasteiger partial charge in [0.25, 0.3) is 0 Å². The van der Waals surface area contributed by atoms with Crippen LogP contribution < -0.4 is 10.7 Å². The van der Waals surface area contributed by atoms with Gasteiger partial charge in [-0.05, 0) is 24.3 Å². The summed E-state index contributed by atoms with van der Waals surface area (Å²) in [7, 11) is 0. The molecule has 8 nitrogen and oxygen atoms in total. The maximum absolute atomic E-state index is 14.1. The van der Waals surface area contributed by atoms with Crippen molar-refractivity contribution in [2.75, 3.05) is 23.0 Å². The van der Waals surface area contributed by atoms with E-state index in [4.69, 9.17) is 11.1 Å². The number of rotatable bonds is 7. The molecule has 2 aromatic heterocycles. The van der Waals surface area contributed by atoms with E-state index in [1.807, 2.05) is 6.07 Å². The van der Waals surface area contributed by atoms with Crippen molar-refractivity contribution in [3.63, 3.8) is 0 Å². The minimum Gasteiger partial charge on any atom is -0.335 e. The molecule has 0 spiro atoms. The summed E-state index contributed by atoms with van der Waals surface area (Å²) in [6.45, 7) is 0.0904. The molecular formula is C18H16FN7OS. The number of thioether (sulfide) groups is 1. The van der Waals surface area contributed by atoms with Crippen LogP contribution in [0, 0.1) is 17.1 Å². The van der Waals surface area contributed by atoms with Crippen molar-refractivity contribution >= 4 is 23.4 Å². The standard InChI is InChI=1S/C18H16FN7OS/c19-14-6-1-2-7-15(14)25(10-4-8-20)16(27)12-28-18-24-23-17(26(18)21)13-5-3-9-22-11-13/h1-3,5-7,9,11H,4,10,12,21H2. The Kier molecular flexibility index (Phi) is 6.18. The molecule has 0 fully saturated rings. The lowest BCUT2D eigenvalue weighted by atomic mass is 10.2. The number of amides is 1. The van der Waals surface area contributed by atoms with Gasteiger partial charge in [-0.15, -0.1) is 10.2 Å². The van der Waals surface area contributed by atoms with Crippen molar-refractivity contribution in [3.8, 4) is 17.5 Å². The number of carbonyl (C=O) groups is 1. The quantitative estimate of drug-likeness (QED) is 0.480. The summed E-state index contributed by atoms with van der Waals surface area (Å²) in [5.74, 6) is 5.51. The Bertz CT molecular complexity index is 1000. The van der Waals surface area contributed by atoms with Crippen LogP contribution in [0.2, 0.25) is 0 Å². The summed E-state index contributed by atoms with van der Waals surface area (Å²) in [5, 5.41) is 17.2. The van der Waals surface area contributed by atoms with Crippen LogP contribution in [0.25, 0.3) is 11.4 Å². The predicted molar refractivity (Wildman–Crippen MR) is 103 cm³/mol. The predicted octanol–water partition coefficient (Wildman–Crippen LogP) is 2.23. The molecule has 0 saturated carbocycles. The zero-order chi connectivity index (χ0) is 19.9. The van der Waals surface area contributed by atoms with Crippen LogP contribution in [0.4, 0.5) is 10.1 Å². The van der Waals surface area contributed by atoms with Gasteiger partial charge in [0.15, 0.2) is 5.82 Å². The fourth-order valence-corrected chi connectivity index (χ4v) is 3.22.